The maximum absolute atomic E-state index is 12.5. The molecular weight excluding hydrogens is 411 g/mol. The van der Waals surface area contributed by atoms with Crippen LogP contribution in [0.4, 0.5) is 11.4 Å². The Hall–Kier alpha value is -0.414. The van der Waals surface area contributed by atoms with E-state index in [-0.39, 0.29) is 57.8 Å². The second-order valence-corrected chi connectivity index (χ2v) is 9.05. The summed E-state index contributed by atoms with van der Waals surface area (Å²) in [5, 5.41) is 3.09. The maximum Gasteiger partial charge on any atom is 1.00 e. The molecule has 1 heterocycles. The van der Waals surface area contributed by atoms with E-state index in [1.807, 2.05) is 54.6 Å². The summed E-state index contributed by atoms with van der Waals surface area (Å²) in [5.74, 6) is 0. The number of para-hydroxylation sites is 2. The fourth-order valence-electron chi connectivity index (χ4n) is 3.93. The van der Waals surface area contributed by atoms with E-state index in [0.717, 1.165) is 30.5 Å². The van der Waals surface area contributed by atoms with Gasteiger partial charge in [-0.1, -0.05) is 81.5 Å². The maximum atomic E-state index is 12.5. The molecule has 152 valence electrons. The van der Waals surface area contributed by atoms with Crippen LogP contribution in [-0.4, -0.2) is 18.0 Å². The van der Waals surface area contributed by atoms with E-state index in [0.29, 0.717) is 18.7 Å². The molecule has 3 rings (SSSR count). The first-order valence-electron chi connectivity index (χ1n) is 10.1. The number of fused-ring (bicyclic) bond motifs is 1. The predicted molar refractivity (Wildman–Crippen MR) is 113 cm³/mol. The largest absolute Gasteiger partial charge is 1.00 e. The van der Waals surface area contributed by atoms with Crippen LogP contribution in [0.3, 0.4) is 0 Å². The van der Waals surface area contributed by atoms with Gasteiger partial charge in [0.05, 0.1) is 11.4 Å². The average Bonchev–Trinajstić information content (AvgIpc) is 3.00. The van der Waals surface area contributed by atoms with Crippen LogP contribution in [0.15, 0.2) is 54.6 Å². The number of benzene rings is 2. The molecule has 1 N–H and O–H groups in total. The van der Waals surface area contributed by atoms with Crippen LogP contribution < -0.4 is 61.6 Å². The molecular formula is C22H29KN2O3S. The summed E-state index contributed by atoms with van der Waals surface area (Å²) < 4.78 is 37.6. The Balaban J connectivity index is 0.00000300. The normalized spacial score (nSPS) is 18.1. The molecule has 0 aromatic heterocycles. The topological polar surface area (TPSA) is 72.5 Å². The first-order chi connectivity index (χ1) is 13.5. The molecule has 29 heavy (non-hydrogen) atoms. The van der Waals surface area contributed by atoms with Gasteiger partial charge in [0.15, 0.2) is 0 Å². The fourth-order valence-corrected chi connectivity index (χ4v) is 4.99. The minimum absolute atomic E-state index is 0. The molecule has 0 spiro atoms. The quantitative estimate of drug-likeness (QED) is 0.348. The van der Waals surface area contributed by atoms with Crippen molar-refractivity contribution >= 4 is 21.5 Å². The molecule has 0 radical (unpaired) electrons. The first-order valence-corrected chi connectivity index (χ1v) is 11.5. The van der Waals surface area contributed by atoms with E-state index in [9.17, 15) is 13.0 Å². The fraction of sp³-hybridized carbons (Fsp3) is 0.455. The molecule has 0 aliphatic carbocycles. The van der Waals surface area contributed by atoms with Crippen molar-refractivity contribution in [2.45, 2.75) is 63.4 Å². The van der Waals surface area contributed by atoms with Crippen molar-refractivity contribution in [3.63, 3.8) is 0 Å². The van der Waals surface area contributed by atoms with E-state index in [2.05, 4.69) is 12.2 Å². The second-order valence-electron chi connectivity index (χ2n) is 7.47. The summed E-state index contributed by atoms with van der Waals surface area (Å²) in [5.41, 5.74) is 2.43. The summed E-state index contributed by atoms with van der Waals surface area (Å²) in [6, 6.07) is 17.1. The number of hydrogen-bond acceptors (Lipinski definition) is 5. The Morgan fingerprint density at radius 1 is 0.931 bits per heavy atom. The van der Waals surface area contributed by atoms with Gasteiger partial charge in [0.25, 0.3) is 0 Å². The monoisotopic (exact) mass is 440 g/mol. The molecule has 2 aromatic carbocycles. The number of nitrogens with zero attached hydrogens (tertiary/aromatic N) is 1. The van der Waals surface area contributed by atoms with E-state index >= 15 is 0 Å². The third kappa shape index (κ3) is 5.84. The van der Waals surface area contributed by atoms with Crippen molar-refractivity contribution in [1.82, 2.24) is 0 Å². The molecule has 0 amide bonds. The van der Waals surface area contributed by atoms with Gasteiger partial charge in [-0.15, -0.1) is 0 Å². The molecule has 1 aliphatic heterocycles. The van der Waals surface area contributed by atoms with E-state index in [4.69, 9.17) is 0 Å². The Morgan fingerprint density at radius 3 is 2.24 bits per heavy atom. The van der Waals surface area contributed by atoms with Gasteiger partial charge >= 0.3 is 51.4 Å². The minimum Gasteiger partial charge on any atom is -0.745 e. The van der Waals surface area contributed by atoms with Crippen LogP contribution in [0.5, 0.6) is 0 Å². The van der Waals surface area contributed by atoms with Crippen LogP contribution in [0.25, 0.3) is 0 Å². The molecule has 2 aromatic rings. The van der Waals surface area contributed by atoms with E-state index < -0.39 is 15.1 Å². The minimum atomic E-state index is -4.63. The zero-order chi connectivity index (χ0) is 20.0. The van der Waals surface area contributed by atoms with Gasteiger partial charge in [-0.25, -0.2) is 8.42 Å². The van der Waals surface area contributed by atoms with Gasteiger partial charge in [0.1, 0.15) is 10.1 Å². The zero-order valence-electron chi connectivity index (χ0n) is 17.4. The van der Waals surface area contributed by atoms with Crippen LogP contribution >= 0.6 is 0 Å². The number of rotatable bonds is 10. The average molecular weight is 441 g/mol. The Morgan fingerprint density at radius 2 is 1.55 bits per heavy atom. The van der Waals surface area contributed by atoms with Gasteiger partial charge in [0, 0.05) is 13.0 Å². The van der Waals surface area contributed by atoms with Gasteiger partial charge < -0.3 is 14.8 Å². The molecule has 7 heteroatoms. The van der Waals surface area contributed by atoms with Gasteiger partial charge in [-0.05, 0) is 24.1 Å². The van der Waals surface area contributed by atoms with Crippen LogP contribution in [0, 0.1) is 0 Å². The number of anilines is 2. The van der Waals surface area contributed by atoms with E-state index in [1.165, 1.54) is 12.8 Å². The second kappa shape index (κ2) is 11.3. The summed E-state index contributed by atoms with van der Waals surface area (Å²) in [6.07, 6.45) is 6.46. The van der Waals surface area contributed by atoms with Gasteiger partial charge in [-0.3, -0.25) is 0 Å². The predicted octanol–water partition coefficient (Wildman–Crippen LogP) is 2.07. The Kier molecular flexibility index (Phi) is 9.66. The first kappa shape index (κ1) is 24.9. The number of hydrogen-bond donors (Lipinski definition) is 1. The van der Waals surface area contributed by atoms with E-state index in [1.54, 1.807) is 4.90 Å². The molecule has 1 atom stereocenters. The van der Waals surface area contributed by atoms with Crippen LogP contribution in [-0.2, 0) is 16.7 Å². The zero-order valence-corrected chi connectivity index (χ0v) is 21.4. The Labute approximate surface area is 217 Å². The molecule has 0 bridgehead atoms. The van der Waals surface area contributed by atoms with Gasteiger partial charge in [-0.2, -0.15) is 0 Å². The van der Waals surface area contributed by atoms with Crippen LogP contribution in [0.1, 0.15) is 57.4 Å². The van der Waals surface area contributed by atoms with Crippen LogP contribution in [0.2, 0.25) is 0 Å². The van der Waals surface area contributed by atoms with Crippen molar-refractivity contribution in [2.24, 2.45) is 0 Å². The summed E-state index contributed by atoms with van der Waals surface area (Å²) in [7, 11) is -4.63. The number of unbranched alkanes of at least 4 members (excludes halogenated alkanes) is 5. The van der Waals surface area contributed by atoms with Crippen molar-refractivity contribution in [2.75, 3.05) is 10.2 Å². The molecule has 1 aliphatic rings. The standard InChI is InChI=1S/C22H30N2O3S.K/c1-2-3-4-5-6-12-17-22(28(25,26)27)23-20-15-10-11-16-21(20)24(22)18-19-13-8-7-9-14-19;/h7-11,13-16,23H,2-6,12,17-18H2,1H3,(H,25,26,27);/q;+1/p-1. The smallest absolute Gasteiger partial charge is 0.745 e. The van der Waals surface area contributed by atoms with Crippen molar-refractivity contribution in [1.29, 1.82) is 0 Å². The van der Waals surface area contributed by atoms with Gasteiger partial charge in [0.2, 0.25) is 4.99 Å². The Bertz CT molecular complexity index is 877. The molecule has 1 unspecified atom stereocenters. The molecule has 0 saturated heterocycles. The van der Waals surface area contributed by atoms with Crippen molar-refractivity contribution in [3.05, 3.63) is 60.2 Å². The molecule has 0 saturated carbocycles. The number of nitrogens with one attached hydrogen (secondary N) is 1. The summed E-state index contributed by atoms with van der Waals surface area (Å²) in [6.45, 7) is 2.53. The summed E-state index contributed by atoms with van der Waals surface area (Å²) in [4.78, 5) is 0.101. The molecule has 5 nitrogen and oxygen atoms in total. The SMILES string of the molecule is CCCCCCCCC1(S(=O)(=O)[O-])Nc2ccccc2N1Cc1ccccc1.[K+]. The van der Waals surface area contributed by atoms with Crippen molar-refractivity contribution in [3.8, 4) is 0 Å². The van der Waals surface area contributed by atoms with Crippen molar-refractivity contribution < 1.29 is 64.4 Å². The third-order valence-electron chi connectivity index (χ3n) is 5.43. The molecule has 0 fully saturated rings. The third-order valence-corrected chi connectivity index (χ3v) is 6.78. The summed E-state index contributed by atoms with van der Waals surface area (Å²) >= 11 is 0.